The fraction of sp³-hybridized carbons (Fsp3) is 0.263. The van der Waals surface area contributed by atoms with Crippen LogP contribution in [0.4, 0.5) is 5.69 Å². The lowest BCUT2D eigenvalue weighted by Gasteiger charge is -2.17. The quantitative estimate of drug-likeness (QED) is 0.757. The van der Waals surface area contributed by atoms with Crippen LogP contribution in [-0.4, -0.2) is 20.6 Å². The molecule has 1 unspecified atom stereocenters. The molecule has 1 amide bonds. The van der Waals surface area contributed by atoms with E-state index in [0.717, 1.165) is 23.1 Å². The minimum absolute atomic E-state index is 0.142. The number of amides is 1. The third-order valence-electron chi connectivity index (χ3n) is 4.21. The number of benzene rings is 2. The van der Waals surface area contributed by atoms with E-state index in [1.807, 2.05) is 55.5 Å². The second kappa shape index (κ2) is 6.84. The average molecular weight is 323 g/mol. The number of anilines is 1. The molecule has 0 radical (unpaired) electrons. The number of para-hydroxylation sites is 2. The zero-order valence-electron chi connectivity index (χ0n) is 13.9. The summed E-state index contributed by atoms with van der Waals surface area (Å²) >= 11 is 0. The number of hydrogen-bond acceptors (Lipinski definition) is 3. The molecule has 1 heterocycles. The third-order valence-corrected chi connectivity index (χ3v) is 4.21. The monoisotopic (exact) mass is 323 g/mol. The highest BCUT2D eigenvalue weighted by atomic mass is 16.3. The lowest BCUT2D eigenvalue weighted by molar-refractivity contribution is -0.118. The zero-order valence-corrected chi connectivity index (χ0v) is 13.9. The molecular formula is C19H21N3O2. The van der Waals surface area contributed by atoms with Gasteiger partial charge in [-0.25, -0.2) is 4.98 Å². The Bertz CT molecular complexity index is 853. The van der Waals surface area contributed by atoms with E-state index >= 15 is 0 Å². The van der Waals surface area contributed by atoms with Crippen LogP contribution in [0.1, 0.15) is 31.3 Å². The second-order valence-electron chi connectivity index (χ2n) is 5.76. The summed E-state index contributed by atoms with van der Waals surface area (Å²) in [6, 6.07) is 14.9. The van der Waals surface area contributed by atoms with Crippen LogP contribution in [0.15, 0.2) is 48.5 Å². The standard InChI is InChI=1S/C19H21N3O2/c1-3-14-8-10-15(11-9-14)20-19(24)13(2)22-17-7-5-4-6-16(17)21-18(22)12-23/h4-11,13,23H,3,12H2,1-2H3,(H,20,24). The summed E-state index contributed by atoms with van der Waals surface area (Å²) in [5.41, 5.74) is 3.60. The molecule has 1 atom stereocenters. The minimum Gasteiger partial charge on any atom is -0.388 e. The molecule has 2 N–H and O–H groups in total. The second-order valence-corrected chi connectivity index (χ2v) is 5.76. The number of carbonyl (C=O) groups excluding carboxylic acids is 1. The minimum atomic E-state index is -0.481. The fourth-order valence-electron chi connectivity index (χ4n) is 2.83. The van der Waals surface area contributed by atoms with Gasteiger partial charge in [0.2, 0.25) is 5.91 Å². The van der Waals surface area contributed by atoms with E-state index in [1.54, 1.807) is 4.57 Å². The van der Waals surface area contributed by atoms with Crippen molar-refractivity contribution in [1.82, 2.24) is 9.55 Å². The van der Waals surface area contributed by atoms with Crippen molar-refractivity contribution in [2.75, 3.05) is 5.32 Å². The number of hydrogen-bond donors (Lipinski definition) is 2. The Morgan fingerprint density at radius 1 is 1.21 bits per heavy atom. The molecule has 24 heavy (non-hydrogen) atoms. The SMILES string of the molecule is CCc1ccc(NC(=O)C(C)n2c(CO)nc3ccccc32)cc1. The smallest absolute Gasteiger partial charge is 0.247 e. The number of rotatable bonds is 5. The van der Waals surface area contributed by atoms with E-state index in [1.165, 1.54) is 5.56 Å². The van der Waals surface area contributed by atoms with Crippen molar-refractivity contribution in [1.29, 1.82) is 0 Å². The molecule has 0 spiro atoms. The zero-order chi connectivity index (χ0) is 17.1. The van der Waals surface area contributed by atoms with Crippen molar-refractivity contribution >= 4 is 22.6 Å². The molecule has 3 aromatic rings. The number of carbonyl (C=O) groups is 1. The number of nitrogens with zero attached hydrogens (tertiary/aromatic N) is 2. The first-order valence-corrected chi connectivity index (χ1v) is 8.10. The van der Waals surface area contributed by atoms with Gasteiger partial charge in [-0.05, 0) is 43.2 Å². The summed E-state index contributed by atoms with van der Waals surface area (Å²) in [7, 11) is 0. The van der Waals surface area contributed by atoms with Gasteiger partial charge in [-0.2, -0.15) is 0 Å². The van der Waals surface area contributed by atoms with Crippen molar-refractivity contribution in [3.05, 3.63) is 59.9 Å². The summed E-state index contributed by atoms with van der Waals surface area (Å²) in [6.45, 7) is 3.69. The molecule has 0 aliphatic rings. The van der Waals surface area contributed by atoms with Gasteiger partial charge in [-0.15, -0.1) is 0 Å². The molecule has 0 saturated heterocycles. The Morgan fingerprint density at radius 3 is 2.58 bits per heavy atom. The predicted octanol–water partition coefficient (Wildman–Crippen LogP) is 3.29. The molecule has 2 aromatic carbocycles. The Balaban J connectivity index is 1.87. The first-order chi connectivity index (χ1) is 11.6. The number of aliphatic hydroxyl groups is 1. The summed E-state index contributed by atoms with van der Waals surface area (Å²) in [6.07, 6.45) is 0.964. The Labute approximate surface area is 141 Å². The number of nitrogens with one attached hydrogen (secondary N) is 1. The summed E-state index contributed by atoms with van der Waals surface area (Å²) in [5.74, 6) is 0.345. The first-order valence-electron chi connectivity index (χ1n) is 8.10. The molecule has 0 saturated carbocycles. The number of fused-ring (bicyclic) bond motifs is 1. The van der Waals surface area contributed by atoms with Crippen molar-refractivity contribution in [3.8, 4) is 0 Å². The lowest BCUT2D eigenvalue weighted by Crippen LogP contribution is -2.25. The number of imidazole rings is 1. The highest BCUT2D eigenvalue weighted by Gasteiger charge is 2.21. The van der Waals surface area contributed by atoms with Crippen molar-refractivity contribution in [3.63, 3.8) is 0 Å². The van der Waals surface area contributed by atoms with Crippen LogP contribution < -0.4 is 5.32 Å². The fourth-order valence-corrected chi connectivity index (χ4v) is 2.83. The van der Waals surface area contributed by atoms with Gasteiger partial charge in [0.05, 0.1) is 11.0 Å². The molecule has 124 valence electrons. The maximum Gasteiger partial charge on any atom is 0.247 e. The van der Waals surface area contributed by atoms with Crippen LogP contribution in [0.3, 0.4) is 0 Å². The third kappa shape index (κ3) is 3.03. The molecule has 0 bridgehead atoms. The highest BCUT2D eigenvalue weighted by molar-refractivity contribution is 5.94. The topological polar surface area (TPSA) is 67.2 Å². The molecule has 0 fully saturated rings. The molecule has 0 aliphatic heterocycles. The van der Waals surface area contributed by atoms with E-state index < -0.39 is 6.04 Å². The van der Waals surface area contributed by atoms with Gasteiger partial charge in [0.25, 0.3) is 0 Å². The summed E-state index contributed by atoms with van der Waals surface area (Å²) in [4.78, 5) is 17.0. The molecule has 5 nitrogen and oxygen atoms in total. The van der Waals surface area contributed by atoms with Gasteiger partial charge in [0.15, 0.2) is 0 Å². The Hall–Kier alpha value is -2.66. The van der Waals surface area contributed by atoms with Crippen molar-refractivity contribution in [2.24, 2.45) is 0 Å². The molecule has 1 aromatic heterocycles. The van der Waals surface area contributed by atoms with Gasteiger partial charge in [-0.3, -0.25) is 4.79 Å². The van der Waals surface area contributed by atoms with E-state index in [4.69, 9.17) is 0 Å². The van der Waals surface area contributed by atoms with Crippen LogP contribution in [0.5, 0.6) is 0 Å². The van der Waals surface area contributed by atoms with Crippen LogP contribution in [0.25, 0.3) is 11.0 Å². The van der Waals surface area contributed by atoms with Gasteiger partial charge in [0, 0.05) is 5.69 Å². The molecule has 0 aliphatic carbocycles. The number of aryl methyl sites for hydroxylation is 1. The predicted molar refractivity (Wildman–Crippen MR) is 94.8 cm³/mol. The van der Waals surface area contributed by atoms with Crippen molar-refractivity contribution < 1.29 is 9.90 Å². The number of aliphatic hydroxyl groups excluding tert-OH is 1. The molecule has 5 heteroatoms. The van der Waals surface area contributed by atoms with E-state index in [2.05, 4.69) is 17.2 Å². The van der Waals surface area contributed by atoms with Gasteiger partial charge in [-0.1, -0.05) is 31.2 Å². The maximum atomic E-state index is 12.6. The average Bonchev–Trinajstić information content (AvgIpc) is 3.00. The van der Waals surface area contributed by atoms with E-state index in [-0.39, 0.29) is 12.5 Å². The van der Waals surface area contributed by atoms with Crippen LogP contribution in [-0.2, 0) is 17.8 Å². The first kappa shape index (κ1) is 16.2. The van der Waals surface area contributed by atoms with E-state index in [9.17, 15) is 9.90 Å². The van der Waals surface area contributed by atoms with Gasteiger partial charge >= 0.3 is 0 Å². The Morgan fingerprint density at radius 2 is 1.92 bits per heavy atom. The number of aromatic nitrogens is 2. The molecular weight excluding hydrogens is 302 g/mol. The summed E-state index contributed by atoms with van der Waals surface area (Å²) < 4.78 is 1.78. The van der Waals surface area contributed by atoms with Crippen LogP contribution >= 0.6 is 0 Å². The maximum absolute atomic E-state index is 12.6. The van der Waals surface area contributed by atoms with E-state index in [0.29, 0.717) is 5.82 Å². The normalized spacial score (nSPS) is 12.3. The van der Waals surface area contributed by atoms with Crippen LogP contribution in [0.2, 0.25) is 0 Å². The van der Waals surface area contributed by atoms with Gasteiger partial charge in [0.1, 0.15) is 18.5 Å². The Kier molecular flexibility index (Phi) is 4.62. The molecule has 3 rings (SSSR count). The van der Waals surface area contributed by atoms with Crippen molar-refractivity contribution in [2.45, 2.75) is 32.9 Å². The highest BCUT2D eigenvalue weighted by Crippen LogP contribution is 2.22. The van der Waals surface area contributed by atoms with Gasteiger partial charge < -0.3 is 15.0 Å². The lowest BCUT2D eigenvalue weighted by atomic mass is 10.1. The largest absolute Gasteiger partial charge is 0.388 e. The van der Waals surface area contributed by atoms with Crippen LogP contribution in [0, 0.1) is 0 Å². The summed E-state index contributed by atoms with van der Waals surface area (Å²) in [5, 5.41) is 12.5.